The number of benzene rings is 1. The first-order valence-corrected chi connectivity index (χ1v) is 10.3. The molecule has 28 heavy (non-hydrogen) atoms. The number of aromatic nitrogens is 3. The van der Waals surface area contributed by atoms with E-state index in [0.29, 0.717) is 0 Å². The molecule has 0 N–H and O–H groups in total. The SMILES string of the molecule is CCc1ccc2nc(-c3cnn(C(C)C)c3)cc(C(=O)N3CCC[C@@H]3C)c2c1. The summed E-state index contributed by atoms with van der Waals surface area (Å²) in [4.78, 5) is 20.3. The number of carbonyl (C=O) groups excluding carboxylic acids is 1. The molecule has 1 amide bonds. The third kappa shape index (κ3) is 3.30. The van der Waals surface area contributed by atoms with Crippen LogP contribution >= 0.6 is 0 Å². The molecule has 1 fully saturated rings. The molecule has 0 unspecified atom stereocenters. The molecule has 5 heteroatoms. The summed E-state index contributed by atoms with van der Waals surface area (Å²) in [7, 11) is 0. The molecular formula is C23H28N4O. The van der Waals surface area contributed by atoms with Crippen LogP contribution in [0.1, 0.15) is 62.5 Å². The number of aryl methyl sites for hydroxylation is 1. The summed E-state index contributed by atoms with van der Waals surface area (Å²) < 4.78 is 1.92. The van der Waals surface area contributed by atoms with Gasteiger partial charge in [-0.2, -0.15) is 5.10 Å². The Morgan fingerprint density at radius 3 is 2.75 bits per heavy atom. The molecule has 4 rings (SSSR count). The van der Waals surface area contributed by atoms with Crippen LogP contribution in [-0.2, 0) is 6.42 Å². The van der Waals surface area contributed by atoms with E-state index in [9.17, 15) is 4.79 Å². The van der Waals surface area contributed by atoms with E-state index in [0.717, 1.165) is 53.5 Å². The molecule has 146 valence electrons. The van der Waals surface area contributed by atoms with Crippen LogP contribution in [0.3, 0.4) is 0 Å². The van der Waals surface area contributed by atoms with Crippen LogP contribution in [0.25, 0.3) is 22.2 Å². The lowest BCUT2D eigenvalue weighted by atomic mass is 10.0. The van der Waals surface area contributed by atoms with Crippen molar-refractivity contribution in [1.29, 1.82) is 0 Å². The molecule has 0 bridgehead atoms. The fraction of sp³-hybridized carbons (Fsp3) is 0.435. The van der Waals surface area contributed by atoms with Crippen molar-refractivity contribution in [2.24, 2.45) is 0 Å². The zero-order valence-electron chi connectivity index (χ0n) is 17.1. The van der Waals surface area contributed by atoms with Gasteiger partial charge in [0.15, 0.2) is 0 Å². The fourth-order valence-electron chi connectivity index (χ4n) is 3.96. The third-order valence-corrected chi connectivity index (χ3v) is 5.75. The Morgan fingerprint density at radius 1 is 1.29 bits per heavy atom. The Hall–Kier alpha value is -2.69. The highest BCUT2D eigenvalue weighted by atomic mass is 16.2. The Morgan fingerprint density at radius 2 is 2.11 bits per heavy atom. The maximum atomic E-state index is 13.4. The molecule has 0 aliphatic carbocycles. The average Bonchev–Trinajstić information content (AvgIpc) is 3.35. The summed E-state index contributed by atoms with van der Waals surface area (Å²) in [5, 5.41) is 5.39. The molecule has 3 aromatic rings. The highest BCUT2D eigenvalue weighted by Crippen LogP contribution is 2.29. The van der Waals surface area contributed by atoms with E-state index in [-0.39, 0.29) is 18.0 Å². The van der Waals surface area contributed by atoms with Crippen molar-refractivity contribution < 1.29 is 4.79 Å². The number of nitrogens with zero attached hydrogens (tertiary/aromatic N) is 4. The second kappa shape index (κ2) is 7.38. The number of fused-ring (bicyclic) bond motifs is 1. The molecule has 0 radical (unpaired) electrons. The number of rotatable bonds is 4. The van der Waals surface area contributed by atoms with Gasteiger partial charge in [0.2, 0.25) is 0 Å². The molecule has 1 aliphatic heterocycles. The summed E-state index contributed by atoms with van der Waals surface area (Å²) in [6, 6.07) is 8.79. The van der Waals surface area contributed by atoms with E-state index in [1.165, 1.54) is 5.56 Å². The van der Waals surface area contributed by atoms with E-state index in [4.69, 9.17) is 4.98 Å². The number of carbonyl (C=O) groups is 1. The normalized spacial score (nSPS) is 17.0. The van der Waals surface area contributed by atoms with E-state index < -0.39 is 0 Å². The van der Waals surface area contributed by atoms with Gasteiger partial charge in [0, 0.05) is 35.8 Å². The second-order valence-corrected chi connectivity index (χ2v) is 8.05. The summed E-state index contributed by atoms with van der Waals surface area (Å²) >= 11 is 0. The van der Waals surface area contributed by atoms with Gasteiger partial charge in [0.05, 0.1) is 23.0 Å². The van der Waals surface area contributed by atoms with Crippen molar-refractivity contribution in [1.82, 2.24) is 19.7 Å². The number of likely N-dealkylation sites (tertiary alicyclic amines) is 1. The molecule has 0 saturated carbocycles. The fourth-order valence-corrected chi connectivity index (χ4v) is 3.96. The Labute approximate surface area is 166 Å². The topological polar surface area (TPSA) is 51.0 Å². The lowest BCUT2D eigenvalue weighted by Crippen LogP contribution is -2.33. The summed E-state index contributed by atoms with van der Waals surface area (Å²) in [5.74, 6) is 0.114. The maximum Gasteiger partial charge on any atom is 0.254 e. The van der Waals surface area contributed by atoms with Crippen LogP contribution < -0.4 is 0 Å². The van der Waals surface area contributed by atoms with Crippen molar-refractivity contribution in [3.05, 3.63) is 47.8 Å². The highest BCUT2D eigenvalue weighted by molar-refractivity contribution is 6.07. The zero-order valence-corrected chi connectivity index (χ0v) is 17.1. The lowest BCUT2D eigenvalue weighted by Gasteiger charge is -2.22. The first kappa shape index (κ1) is 18.7. The minimum Gasteiger partial charge on any atom is -0.336 e. The predicted octanol–water partition coefficient (Wildman–Crippen LogP) is 4.87. The van der Waals surface area contributed by atoms with Crippen molar-refractivity contribution in [2.75, 3.05) is 6.54 Å². The largest absolute Gasteiger partial charge is 0.336 e. The van der Waals surface area contributed by atoms with Gasteiger partial charge >= 0.3 is 0 Å². The molecule has 5 nitrogen and oxygen atoms in total. The van der Waals surface area contributed by atoms with Gasteiger partial charge in [0.25, 0.3) is 5.91 Å². The van der Waals surface area contributed by atoms with Crippen LogP contribution in [0.5, 0.6) is 0 Å². The minimum absolute atomic E-state index is 0.114. The maximum absolute atomic E-state index is 13.4. The quantitative estimate of drug-likeness (QED) is 0.653. The van der Waals surface area contributed by atoms with Gasteiger partial charge in [-0.1, -0.05) is 13.0 Å². The highest BCUT2D eigenvalue weighted by Gasteiger charge is 2.28. The van der Waals surface area contributed by atoms with Crippen LogP contribution in [0.15, 0.2) is 36.7 Å². The summed E-state index contributed by atoms with van der Waals surface area (Å²) in [5.41, 5.74) is 4.58. The van der Waals surface area contributed by atoms with Crippen molar-refractivity contribution in [3.8, 4) is 11.3 Å². The third-order valence-electron chi connectivity index (χ3n) is 5.75. The van der Waals surface area contributed by atoms with Gasteiger partial charge in [-0.15, -0.1) is 0 Å². The second-order valence-electron chi connectivity index (χ2n) is 8.05. The molecule has 2 aromatic heterocycles. The van der Waals surface area contributed by atoms with Crippen molar-refractivity contribution >= 4 is 16.8 Å². The Balaban J connectivity index is 1.87. The standard InChI is InChI=1S/C23H28N4O/c1-5-17-8-9-21-19(11-17)20(23(28)26-10-6-7-16(26)4)12-22(25-21)18-13-24-27(14-18)15(2)3/h8-9,11-16H,5-7,10H2,1-4H3/t16-/m0/s1. The molecule has 0 spiro atoms. The van der Waals surface area contributed by atoms with Crippen molar-refractivity contribution in [2.45, 2.75) is 59.0 Å². The van der Waals surface area contributed by atoms with Crippen LogP contribution in [0.2, 0.25) is 0 Å². The molecule has 1 saturated heterocycles. The van der Waals surface area contributed by atoms with Crippen LogP contribution in [0, 0.1) is 0 Å². The van der Waals surface area contributed by atoms with E-state index in [1.54, 1.807) is 0 Å². The number of amides is 1. The van der Waals surface area contributed by atoms with E-state index in [1.807, 2.05) is 34.1 Å². The van der Waals surface area contributed by atoms with Crippen LogP contribution in [-0.4, -0.2) is 38.2 Å². The summed E-state index contributed by atoms with van der Waals surface area (Å²) in [6.07, 6.45) is 6.92. The van der Waals surface area contributed by atoms with E-state index >= 15 is 0 Å². The van der Waals surface area contributed by atoms with Gasteiger partial charge in [0.1, 0.15) is 0 Å². The minimum atomic E-state index is 0.114. The smallest absolute Gasteiger partial charge is 0.254 e. The number of hydrogen-bond donors (Lipinski definition) is 0. The average molecular weight is 377 g/mol. The van der Waals surface area contributed by atoms with Gasteiger partial charge < -0.3 is 4.90 Å². The molecular weight excluding hydrogens is 348 g/mol. The predicted molar refractivity (Wildman–Crippen MR) is 112 cm³/mol. The molecule has 3 heterocycles. The molecule has 1 aliphatic rings. The van der Waals surface area contributed by atoms with Gasteiger partial charge in [-0.3, -0.25) is 9.48 Å². The zero-order chi connectivity index (χ0) is 19.8. The molecule has 1 atom stereocenters. The number of hydrogen-bond acceptors (Lipinski definition) is 3. The molecule has 1 aromatic carbocycles. The van der Waals surface area contributed by atoms with Crippen LogP contribution in [0.4, 0.5) is 0 Å². The Bertz CT molecular complexity index is 1020. The lowest BCUT2D eigenvalue weighted by molar-refractivity contribution is 0.0749. The number of pyridine rings is 1. The monoisotopic (exact) mass is 376 g/mol. The summed E-state index contributed by atoms with van der Waals surface area (Å²) in [6.45, 7) is 9.30. The van der Waals surface area contributed by atoms with E-state index in [2.05, 4.69) is 44.9 Å². The van der Waals surface area contributed by atoms with Crippen molar-refractivity contribution in [3.63, 3.8) is 0 Å². The van der Waals surface area contributed by atoms with Gasteiger partial charge in [-0.25, -0.2) is 4.98 Å². The Kier molecular flexibility index (Phi) is 4.92. The first-order valence-electron chi connectivity index (χ1n) is 10.3. The van der Waals surface area contributed by atoms with Gasteiger partial charge in [-0.05, 0) is 63.8 Å². The first-order chi connectivity index (χ1) is 13.5.